The Balaban J connectivity index is 1.81. The Bertz CT molecular complexity index is 1140. The van der Waals surface area contributed by atoms with Gasteiger partial charge in [-0.25, -0.2) is 9.18 Å². The molecule has 0 atom stereocenters. The van der Waals surface area contributed by atoms with Crippen molar-refractivity contribution in [2.45, 2.75) is 25.3 Å². The summed E-state index contributed by atoms with van der Waals surface area (Å²) in [5, 5.41) is 20.6. The third-order valence-electron chi connectivity index (χ3n) is 6.42. The molecule has 31 heavy (non-hydrogen) atoms. The Morgan fingerprint density at radius 3 is 2.45 bits per heavy atom. The maximum Gasteiger partial charge on any atom is 0.333 e. The van der Waals surface area contributed by atoms with Crippen LogP contribution >= 0.6 is 0 Å². The number of rotatable bonds is 4. The number of carbonyl (C=O) groups excluding carboxylic acids is 1. The summed E-state index contributed by atoms with van der Waals surface area (Å²) in [6.07, 6.45) is 3.17. The van der Waals surface area contributed by atoms with E-state index in [1.807, 2.05) is 11.9 Å². The quantitative estimate of drug-likeness (QED) is 0.578. The van der Waals surface area contributed by atoms with E-state index in [-0.39, 0.29) is 34.8 Å². The zero-order valence-corrected chi connectivity index (χ0v) is 17.1. The molecular weight excluding hydrogens is 405 g/mol. The van der Waals surface area contributed by atoms with Gasteiger partial charge in [0.05, 0.1) is 27.9 Å². The number of H-pyrrole nitrogens is 1. The van der Waals surface area contributed by atoms with Crippen molar-refractivity contribution in [1.82, 2.24) is 9.88 Å². The molecule has 0 bridgehead atoms. The fourth-order valence-corrected chi connectivity index (χ4v) is 4.61. The van der Waals surface area contributed by atoms with Crippen molar-refractivity contribution in [2.75, 3.05) is 43.0 Å². The number of nitrogens with zero attached hydrogens (tertiary/aromatic N) is 3. The maximum absolute atomic E-state index is 16.2. The summed E-state index contributed by atoms with van der Waals surface area (Å²) in [6, 6.07) is 0.0276. The van der Waals surface area contributed by atoms with Crippen molar-refractivity contribution < 1.29 is 24.2 Å². The number of hydrogen-bond acceptors (Lipinski definition) is 6. The average molecular weight is 429 g/mol. The average Bonchev–Trinajstić information content (AvgIpc) is 3.52. The molecule has 5 N–H and O–H groups in total. The van der Waals surface area contributed by atoms with Crippen LogP contribution in [-0.2, 0) is 11.2 Å². The zero-order valence-electron chi connectivity index (χ0n) is 17.1. The Hall–Kier alpha value is -3.27. The molecule has 0 radical (unpaired) electrons. The standard InChI is InChI=1S/C21H24FN5O4/c1-25-4-6-26(7-5-25)18-13-15(24-16(19(13)28)20(23)29)12-8-10(21(30)31)9-27(11-2-3-11)17(12)14(18)22/h9,11,24,28H,2-8H2,1H3,(H2,23,29)(H,30,31). The zero-order chi connectivity index (χ0) is 22.0. The summed E-state index contributed by atoms with van der Waals surface area (Å²) >= 11 is 0. The summed E-state index contributed by atoms with van der Waals surface area (Å²) in [4.78, 5) is 32.3. The van der Waals surface area contributed by atoms with Gasteiger partial charge in [0.15, 0.2) is 11.6 Å². The summed E-state index contributed by atoms with van der Waals surface area (Å²) < 4.78 is 16.2. The molecule has 0 spiro atoms. The van der Waals surface area contributed by atoms with Crippen LogP contribution in [0.1, 0.15) is 28.9 Å². The molecule has 0 unspecified atom stereocenters. The monoisotopic (exact) mass is 429 g/mol. The number of halogens is 1. The van der Waals surface area contributed by atoms with E-state index in [0.717, 1.165) is 25.9 Å². The van der Waals surface area contributed by atoms with Crippen LogP contribution in [0.15, 0.2) is 11.8 Å². The van der Waals surface area contributed by atoms with E-state index in [9.17, 15) is 19.8 Å². The molecule has 164 valence electrons. The Labute approximate surface area is 177 Å². The fraction of sp³-hybridized carbons (Fsp3) is 0.429. The number of piperazine rings is 1. The van der Waals surface area contributed by atoms with Crippen LogP contribution in [0.25, 0.3) is 10.9 Å². The van der Waals surface area contributed by atoms with Gasteiger partial charge < -0.3 is 35.6 Å². The molecule has 1 saturated heterocycles. The molecule has 2 aromatic rings. The van der Waals surface area contributed by atoms with Gasteiger partial charge in [-0.3, -0.25) is 4.79 Å². The number of benzene rings is 1. The van der Waals surface area contributed by atoms with Crippen molar-refractivity contribution in [2.24, 2.45) is 5.73 Å². The van der Waals surface area contributed by atoms with E-state index in [2.05, 4.69) is 9.88 Å². The van der Waals surface area contributed by atoms with Crippen molar-refractivity contribution in [3.8, 4) is 5.75 Å². The molecule has 1 saturated carbocycles. The minimum atomic E-state index is -1.08. The number of carboxylic acids is 1. The van der Waals surface area contributed by atoms with E-state index >= 15 is 4.39 Å². The second kappa shape index (κ2) is 6.88. The molecule has 2 fully saturated rings. The first-order valence-electron chi connectivity index (χ1n) is 10.3. The molecular formula is C21H24FN5O4. The van der Waals surface area contributed by atoms with E-state index in [1.165, 1.54) is 6.20 Å². The SMILES string of the molecule is CN1CCN(c2c(F)c3c(c4[nH]c(C(N)=O)c(O)c24)CC(C(=O)O)=CN3C2CC2)CC1. The predicted molar refractivity (Wildman–Crippen MR) is 113 cm³/mol. The highest BCUT2D eigenvalue weighted by atomic mass is 19.1. The van der Waals surface area contributed by atoms with E-state index in [1.54, 1.807) is 4.90 Å². The largest absolute Gasteiger partial charge is 0.505 e. The predicted octanol–water partition coefficient (Wildman–Crippen LogP) is 1.36. The van der Waals surface area contributed by atoms with E-state index < -0.39 is 23.4 Å². The van der Waals surface area contributed by atoms with Crippen molar-refractivity contribution >= 4 is 34.2 Å². The molecule has 1 aromatic heterocycles. The van der Waals surface area contributed by atoms with Crippen molar-refractivity contribution in [3.63, 3.8) is 0 Å². The molecule has 3 aliphatic rings. The first-order chi connectivity index (χ1) is 14.8. The van der Waals surface area contributed by atoms with Crippen LogP contribution in [0.3, 0.4) is 0 Å². The lowest BCUT2D eigenvalue weighted by atomic mass is 9.94. The number of aromatic amines is 1. The van der Waals surface area contributed by atoms with Crippen LogP contribution in [0.2, 0.25) is 0 Å². The highest BCUT2D eigenvalue weighted by Gasteiger charge is 2.39. The number of hydrogen-bond donors (Lipinski definition) is 4. The fourth-order valence-electron chi connectivity index (χ4n) is 4.61. The highest BCUT2D eigenvalue weighted by Crippen LogP contribution is 2.49. The molecule has 1 aromatic carbocycles. The molecule has 5 rings (SSSR count). The van der Waals surface area contributed by atoms with Gasteiger partial charge in [0, 0.05) is 50.4 Å². The number of nitrogens with two attached hydrogens (primary N) is 1. The lowest BCUT2D eigenvalue weighted by Crippen LogP contribution is -2.45. The van der Waals surface area contributed by atoms with Crippen LogP contribution < -0.4 is 15.5 Å². The van der Waals surface area contributed by atoms with Gasteiger partial charge in [0.25, 0.3) is 5.91 Å². The lowest BCUT2D eigenvalue weighted by Gasteiger charge is -2.37. The van der Waals surface area contributed by atoms with Gasteiger partial charge >= 0.3 is 5.97 Å². The first-order valence-corrected chi connectivity index (χ1v) is 10.3. The number of nitrogens with one attached hydrogen (secondary N) is 1. The van der Waals surface area contributed by atoms with Gasteiger partial charge in [0.2, 0.25) is 0 Å². The number of aromatic hydroxyl groups is 1. The minimum Gasteiger partial charge on any atom is -0.505 e. The highest BCUT2D eigenvalue weighted by molar-refractivity contribution is 6.11. The summed E-state index contributed by atoms with van der Waals surface area (Å²) in [7, 11) is 1.99. The summed E-state index contributed by atoms with van der Waals surface area (Å²) in [5.41, 5.74) is 6.67. The topological polar surface area (TPSA) is 126 Å². The van der Waals surface area contributed by atoms with Crippen LogP contribution in [0.4, 0.5) is 15.8 Å². The number of aliphatic carboxylic acids is 1. The number of primary amides is 1. The number of aromatic nitrogens is 1. The second-order valence-corrected chi connectivity index (χ2v) is 8.52. The number of fused-ring (bicyclic) bond motifs is 3. The Morgan fingerprint density at radius 2 is 1.87 bits per heavy atom. The smallest absolute Gasteiger partial charge is 0.333 e. The third-order valence-corrected chi connectivity index (χ3v) is 6.42. The third kappa shape index (κ3) is 3.01. The Kier molecular flexibility index (Phi) is 4.37. The molecule has 10 heteroatoms. The van der Waals surface area contributed by atoms with Gasteiger partial charge in [0.1, 0.15) is 5.69 Å². The molecule has 1 aliphatic carbocycles. The summed E-state index contributed by atoms with van der Waals surface area (Å²) in [5.74, 6) is -2.86. The van der Waals surface area contributed by atoms with Gasteiger partial charge in [-0.2, -0.15) is 0 Å². The first kappa shape index (κ1) is 19.7. The van der Waals surface area contributed by atoms with Crippen molar-refractivity contribution in [3.05, 3.63) is 28.8 Å². The number of likely N-dealkylation sites (N-methyl/N-ethyl adjacent to an activating group) is 1. The van der Waals surface area contributed by atoms with Crippen molar-refractivity contribution in [1.29, 1.82) is 0 Å². The minimum absolute atomic E-state index is 0.0253. The Morgan fingerprint density at radius 1 is 1.19 bits per heavy atom. The lowest BCUT2D eigenvalue weighted by molar-refractivity contribution is -0.132. The molecule has 1 amide bonds. The van der Waals surface area contributed by atoms with Gasteiger partial charge in [-0.1, -0.05) is 0 Å². The van der Waals surface area contributed by atoms with Crippen LogP contribution in [0.5, 0.6) is 5.75 Å². The molecule has 2 aliphatic heterocycles. The number of anilines is 2. The number of carboxylic acid groups (broad SMARTS) is 1. The van der Waals surface area contributed by atoms with Crippen LogP contribution in [-0.4, -0.2) is 71.2 Å². The maximum atomic E-state index is 16.2. The van der Waals surface area contributed by atoms with E-state index in [0.29, 0.717) is 29.9 Å². The van der Waals surface area contributed by atoms with Crippen LogP contribution in [0, 0.1) is 5.82 Å². The number of carbonyl (C=O) groups is 2. The molecule has 9 nitrogen and oxygen atoms in total. The normalized spacial score (nSPS) is 19.5. The van der Waals surface area contributed by atoms with Gasteiger partial charge in [-0.15, -0.1) is 0 Å². The molecule has 3 heterocycles. The number of amides is 1. The second-order valence-electron chi connectivity index (χ2n) is 8.52. The summed E-state index contributed by atoms with van der Waals surface area (Å²) in [6.45, 7) is 2.55. The van der Waals surface area contributed by atoms with E-state index in [4.69, 9.17) is 5.73 Å². The van der Waals surface area contributed by atoms with Gasteiger partial charge in [-0.05, 0) is 19.9 Å².